The summed E-state index contributed by atoms with van der Waals surface area (Å²) in [6.45, 7) is 4.62. The monoisotopic (exact) mass is 385 g/mol. The third-order valence-corrected chi connectivity index (χ3v) is 5.49. The van der Waals surface area contributed by atoms with E-state index >= 15 is 0 Å². The molecule has 0 spiro atoms. The first-order valence-corrected chi connectivity index (χ1v) is 9.60. The zero-order valence-corrected chi connectivity index (χ0v) is 16.5. The third kappa shape index (κ3) is 4.69. The Bertz CT molecular complexity index is 872. The van der Waals surface area contributed by atoms with Gasteiger partial charge in [-0.2, -0.15) is 0 Å². The zero-order chi connectivity index (χ0) is 19.4. The summed E-state index contributed by atoms with van der Waals surface area (Å²) in [6, 6.07) is 7.78. The summed E-state index contributed by atoms with van der Waals surface area (Å²) in [5.41, 5.74) is 6.99. The highest BCUT2D eigenvalue weighted by atomic mass is 35.5. The number of hydrogen-bond donors (Lipinski definition) is 1. The van der Waals surface area contributed by atoms with Crippen LogP contribution in [0.15, 0.2) is 36.0 Å². The van der Waals surface area contributed by atoms with Crippen molar-refractivity contribution in [3.63, 3.8) is 0 Å². The van der Waals surface area contributed by atoms with Crippen molar-refractivity contribution in [2.24, 2.45) is 0 Å². The number of pyridine rings is 1. The van der Waals surface area contributed by atoms with Gasteiger partial charge in [0, 0.05) is 12.6 Å². The molecule has 2 aromatic rings. The maximum atomic E-state index is 10.8. The molecule has 0 radical (unpaired) electrons. The summed E-state index contributed by atoms with van der Waals surface area (Å²) in [6.07, 6.45) is 5.71. The Hall–Kier alpha value is -2.33. The topological polar surface area (TPSA) is 59.4 Å². The number of aromatic nitrogens is 1. The van der Waals surface area contributed by atoms with Crippen molar-refractivity contribution in [2.45, 2.75) is 46.0 Å². The normalized spacial score (nSPS) is 13.9. The van der Waals surface area contributed by atoms with Crippen molar-refractivity contribution < 1.29 is 14.6 Å². The minimum Gasteiger partial charge on any atom is -0.489 e. The van der Waals surface area contributed by atoms with Crippen molar-refractivity contribution in [2.75, 3.05) is 6.61 Å². The van der Waals surface area contributed by atoms with E-state index in [1.54, 1.807) is 0 Å². The summed E-state index contributed by atoms with van der Waals surface area (Å²) in [5, 5.41) is 9.39. The molecule has 0 unspecified atom stereocenters. The van der Waals surface area contributed by atoms with Crippen LogP contribution in [0.5, 0.6) is 5.75 Å². The molecule has 1 aliphatic carbocycles. The fraction of sp³-hybridized carbons (Fsp3) is 0.364. The lowest BCUT2D eigenvalue weighted by molar-refractivity contribution is -0.136. The second kappa shape index (κ2) is 8.57. The van der Waals surface area contributed by atoms with Gasteiger partial charge in [-0.3, -0.25) is 4.79 Å². The van der Waals surface area contributed by atoms with Gasteiger partial charge < -0.3 is 9.84 Å². The van der Waals surface area contributed by atoms with Crippen LogP contribution < -0.4 is 4.74 Å². The van der Waals surface area contributed by atoms with Crippen molar-refractivity contribution >= 4 is 23.1 Å². The molecule has 0 fully saturated rings. The number of carboxylic acid groups (broad SMARTS) is 1. The van der Waals surface area contributed by atoms with E-state index in [-0.39, 0.29) is 6.42 Å². The number of rotatable bonds is 7. The van der Waals surface area contributed by atoms with Crippen molar-refractivity contribution in [3.05, 3.63) is 63.4 Å². The Morgan fingerprint density at radius 2 is 2.00 bits per heavy atom. The quantitative estimate of drug-likeness (QED) is 0.649. The Labute approximate surface area is 164 Å². The Morgan fingerprint density at radius 1 is 1.19 bits per heavy atom. The predicted molar refractivity (Wildman–Crippen MR) is 107 cm³/mol. The first kappa shape index (κ1) is 19.4. The molecule has 0 aliphatic heterocycles. The van der Waals surface area contributed by atoms with E-state index in [0.29, 0.717) is 18.2 Å². The van der Waals surface area contributed by atoms with E-state index in [4.69, 9.17) is 21.4 Å². The largest absolute Gasteiger partial charge is 0.489 e. The number of halogens is 1. The van der Waals surface area contributed by atoms with Gasteiger partial charge in [0.15, 0.2) is 0 Å². The van der Waals surface area contributed by atoms with E-state index in [2.05, 4.69) is 4.98 Å². The number of ether oxygens (including phenoxy) is 1. The van der Waals surface area contributed by atoms with Crippen LogP contribution in [0.4, 0.5) is 0 Å². The molecule has 1 heterocycles. The predicted octanol–water partition coefficient (Wildman–Crippen LogP) is 5.39. The highest BCUT2D eigenvalue weighted by molar-refractivity contribution is 6.29. The molecule has 5 heteroatoms. The number of carbonyl (C=O) groups is 1. The van der Waals surface area contributed by atoms with Crippen LogP contribution >= 0.6 is 11.6 Å². The highest BCUT2D eigenvalue weighted by Gasteiger charge is 2.18. The van der Waals surface area contributed by atoms with E-state index in [1.807, 2.05) is 44.3 Å². The Balaban J connectivity index is 1.74. The molecule has 4 nitrogen and oxygen atoms in total. The van der Waals surface area contributed by atoms with Crippen LogP contribution in [0, 0.1) is 13.8 Å². The number of hydrogen-bond acceptors (Lipinski definition) is 3. The van der Waals surface area contributed by atoms with Crippen LogP contribution in [0.3, 0.4) is 0 Å². The van der Waals surface area contributed by atoms with Gasteiger partial charge in [0.05, 0.1) is 0 Å². The van der Waals surface area contributed by atoms with E-state index in [0.717, 1.165) is 47.3 Å². The summed E-state index contributed by atoms with van der Waals surface area (Å²) >= 11 is 5.90. The number of aryl methyl sites for hydroxylation is 1. The van der Waals surface area contributed by atoms with Crippen LogP contribution in [0.1, 0.15) is 47.9 Å². The molecule has 0 atom stereocenters. The molecule has 1 N–H and O–H groups in total. The average Bonchev–Trinajstić information content (AvgIpc) is 3.11. The lowest BCUT2D eigenvalue weighted by Crippen LogP contribution is -2.05. The average molecular weight is 386 g/mol. The standard InChI is InChI=1S/C22H24ClNO3/c1-14-15(2)20(9-6-16(14)8-11-22(25)26)27-13-18-4-3-5-19(18)17-7-10-21(23)24-12-17/h6-7,9-10,12H,3-5,8,11,13H2,1-2H3,(H,25,26). The number of nitrogens with zero attached hydrogens (tertiary/aromatic N) is 1. The SMILES string of the molecule is Cc1c(CCC(=O)O)ccc(OCC2=C(c3ccc(Cl)nc3)CCC2)c1C. The first-order valence-electron chi connectivity index (χ1n) is 9.22. The summed E-state index contributed by atoms with van der Waals surface area (Å²) in [4.78, 5) is 15.0. The lowest BCUT2D eigenvalue weighted by atomic mass is 9.99. The lowest BCUT2D eigenvalue weighted by Gasteiger charge is -2.15. The summed E-state index contributed by atoms with van der Waals surface area (Å²) < 4.78 is 6.14. The van der Waals surface area contributed by atoms with E-state index in [9.17, 15) is 4.79 Å². The molecule has 0 saturated carbocycles. The zero-order valence-electron chi connectivity index (χ0n) is 15.7. The fourth-order valence-corrected chi connectivity index (χ4v) is 3.67. The van der Waals surface area contributed by atoms with Gasteiger partial charge in [-0.1, -0.05) is 23.7 Å². The van der Waals surface area contributed by atoms with Gasteiger partial charge >= 0.3 is 5.97 Å². The number of benzene rings is 1. The molecule has 0 saturated heterocycles. The molecule has 0 amide bonds. The molecule has 1 aromatic heterocycles. The summed E-state index contributed by atoms with van der Waals surface area (Å²) in [5.74, 6) is 0.0873. The van der Waals surface area contributed by atoms with Crippen LogP contribution in [-0.4, -0.2) is 22.7 Å². The van der Waals surface area contributed by atoms with E-state index < -0.39 is 5.97 Å². The molecule has 27 heavy (non-hydrogen) atoms. The van der Waals surface area contributed by atoms with Gasteiger partial charge in [-0.15, -0.1) is 0 Å². The second-order valence-electron chi connectivity index (χ2n) is 6.96. The number of aliphatic carboxylic acids is 1. The smallest absolute Gasteiger partial charge is 0.303 e. The second-order valence-corrected chi connectivity index (χ2v) is 7.35. The van der Waals surface area contributed by atoms with Crippen molar-refractivity contribution in [1.29, 1.82) is 0 Å². The first-order chi connectivity index (χ1) is 13.0. The van der Waals surface area contributed by atoms with Crippen LogP contribution in [0.25, 0.3) is 5.57 Å². The number of carboxylic acids is 1. The Kier molecular flexibility index (Phi) is 6.17. The minimum absolute atomic E-state index is 0.145. The number of allylic oxidation sites excluding steroid dienone is 1. The molecule has 0 bridgehead atoms. The van der Waals surface area contributed by atoms with E-state index in [1.165, 1.54) is 11.1 Å². The molecular weight excluding hydrogens is 362 g/mol. The highest BCUT2D eigenvalue weighted by Crippen LogP contribution is 2.35. The molecule has 3 rings (SSSR count). The molecule has 142 valence electrons. The van der Waals surface area contributed by atoms with Crippen molar-refractivity contribution in [1.82, 2.24) is 4.98 Å². The van der Waals surface area contributed by atoms with Gasteiger partial charge in [-0.25, -0.2) is 4.98 Å². The third-order valence-electron chi connectivity index (χ3n) is 5.27. The summed E-state index contributed by atoms with van der Waals surface area (Å²) in [7, 11) is 0. The molecular formula is C22H24ClNO3. The Morgan fingerprint density at radius 3 is 2.70 bits per heavy atom. The fourth-order valence-electron chi connectivity index (χ4n) is 3.55. The molecule has 1 aliphatic rings. The maximum Gasteiger partial charge on any atom is 0.303 e. The van der Waals surface area contributed by atoms with Gasteiger partial charge in [-0.05, 0) is 85.1 Å². The van der Waals surface area contributed by atoms with Crippen LogP contribution in [0.2, 0.25) is 5.15 Å². The molecule has 1 aromatic carbocycles. The van der Waals surface area contributed by atoms with Gasteiger partial charge in [0.2, 0.25) is 0 Å². The van der Waals surface area contributed by atoms with Crippen LogP contribution in [-0.2, 0) is 11.2 Å². The van der Waals surface area contributed by atoms with Gasteiger partial charge in [0.25, 0.3) is 0 Å². The minimum atomic E-state index is -0.773. The van der Waals surface area contributed by atoms with Crippen molar-refractivity contribution in [3.8, 4) is 5.75 Å². The maximum absolute atomic E-state index is 10.8. The van der Waals surface area contributed by atoms with Gasteiger partial charge in [0.1, 0.15) is 17.5 Å².